The molecule has 0 aromatic carbocycles. The molecule has 0 spiro atoms. The summed E-state index contributed by atoms with van der Waals surface area (Å²) < 4.78 is 4.50. The fraction of sp³-hybridized carbons (Fsp3) is 0.833. The van der Waals surface area contributed by atoms with Gasteiger partial charge in [0.1, 0.15) is 6.29 Å². The highest BCUT2D eigenvalue weighted by atomic mass is 16.5. The number of nitrogens with zero attached hydrogens (tertiary/aromatic N) is 1. The lowest BCUT2D eigenvalue weighted by Gasteiger charge is -2.31. The number of alkyl carbamates (subject to hydrolysis) is 1. The number of methoxy groups -OCH3 is 1. The Labute approximate surface area is 102 Å². The number of hydrogen-bond donors (Lipinski definition) is 1. The van der Waals surface area contributed by atoms with E-state index in [1.54, 1.807) is 0 Å². The molecule has 1 aliphatic rings. The maximum Gasteiger partial charge on any atom is 0.406 e. The fourth-order valence-corrected chi connectivity index (χ4v) is 2.19. The van der Waals surface area contributed by atoms with Crippen LogP contribution in [-0.4, -0.2) is 50.6 Å². The van der Waals surface area contributed by atoms with Crippen molar-refractivity contribution in [2.75, 3.05) is 33.3 Å². The highest BCUT2D eigenvalue weighted by Crippen LogP contribution is 2.20. The van der Waals surface area contributed by atoms with Crippen LogP contribution >= 0.6 is 0 Å². The van der Waals surface area contributed by atoms with Crippen LogP contribution in [0.3, 0.4) is 0 Å². The normalized spacial score (nSPS) is 17.7. The number of amides is 1. The third-order valence-corrected chi connectivity index (χ3v) is 3.28. The van der Waals surface area contributed by atoms with Crippen molar-refractivity contribution < 1.29 is 14.3 Å². The van der Waals surface area contributed by atoms with E-state index >= 15 is 0 Å². The molecule has 0 radical (unpaired) electrons. The van der Waals surface area contributed by atoms with Gasteiger partial charge < -0.3 is 19.7 Å². The summed E-state index contributed by atoms with van der Waals surface area (Å²) in [5.74, 6) is 0.699. The smallest absolute Gasteiger partial charge is 0.406 e. The number of carbonyl (C=O) groups excluding carboxylic acids is 2. The molecule has 0 saturated carbocycles. The third kappa shape index (κ3) is 5.68. The van der Waals surface area contributed by atoms with Crippen molar-refractivity contribution in [3.05, 3.63) is 0 Å². The Kier molecular flexibility index (Phi) is 6.62. The van der Waals surface area contributed by atoms with Crippen molar-refractivity contribution in [2.24, 2.45) is 5.92 Å². The van der Waals surface area contributed by atoms with Gasteiger partial charge in [0.2, 0.25) is 0 Å². The van der Waals surface area contributed by atoms with Gasteiger partial charge in [0.05, 0.1) is 7.11 Å². The number of nitrogens with one attached hydrogen (secondary N) is 1. The van der Waals surface area contributed by atoms with Gasteiger partial charge >= 0.3 is 6.09 Å². The molecule has 0 atom stereocenters. The summed E-state index contributed by atoms with van der Waals surface area (Å²) in [5, 5.41) is 2.68. The van der Waals surface area contributed by atoms with Crippen LogP contribution in [-0.2, 0) is 9.53 Å². The first kappa shape index (κ1) is 14.0. The van der Waals surface area contributed by atoms with Crippen molar-refractivity contribution in [1.29, 1.82) is 0 Å². The molecule has 0 aromatic rings. The number of hydrogen-bond acceptors (Lipinski definition) is 4. The Bertz CT molecular complexity index is 238. The summed E-state index contributed by atoms with van der Waals surface area (Å²) in [6, 6.07) is 0. The van der Waals surface area contributed by atoms with Crippen molar-refractivity contribution in [2.45, 2.75) is 25.7 Å². The number of ether oxygens (including phenoxy) is 1. The number of rotatable bonds is 6. The summed E-state index contributed by atoms with van der Waals surface area (Å²) >= 11 is 0. The first-order valence-corrected chi connectivity index (χ1v) is 6.24. The Morgan fingerprint density at radius 1 is 1.47 bits per heavy atom. The molecule has 0 aromatic heterocycles. The molecule has 1 rings (SSSR count). The summed E-state index contributed by atoms with van der Waals surface area (Å²) in [5.41, 5.74) is 0. The summed E-state index contributed by atoms with van der Waals surface area (Å²) in [7, 11) is 1.37. The monoisotopic (exact) mass is 242 g/mol. The lowest BCUT2D eigenvalue weighted by molar-refractivity contribution is -0.108. The molecule has 1 fully saturated rings. The molecular formula is C12H22N2O3. The number of likely N-dealkylation sites (tertiary alicyclic amines) is 1. The van der Waals surface area contributed by atoms with Crippen molar-refractivity contribution in [3.8, 4) is 0 Å². The summed E-state index contributed by atoms with van der Waals surface area (Å²) in [6.45, 7) is 3.62. The zero-order valence-corrected chi connectivity index (χ0v) is 10.5. The molecule has 0 bridgehead atoms. The molecule has 1 aliphatic heterocycles. The number of carbonyl (C=O) groups is 2. The number of aldehydes is 1. The Balaban J connectivity index is 2.06. The van der Waals surface area contributed by atoms with E-state index in [0.717, 1.165) is 45.2 Å². The van der Waals surface area contributed by atoms with Crippen LogP contribution in [0.1, 0.15) is 25.7 Å². The maximum atomic E-state index is 10.8. The average molecular weight is 242 g/mol. The van der Waals surface area contributed by atoms with Crippen molar-refractivity contribution in [1.82, 2.24) is 10.2 Å². The molecule has 1 N–H and O–H groups in total. The Morgan fingerprint density at radius 3 is 2.76 bits per heavy atom. The summed E-state index contributed by atoms with van der Waals surface area (Å²) in [4.78, 5) is 23.5. The van der Waals surface area contributed by atoms with E-state index in [9.17, 15) is 9.59 Å². The lowest BCUT2D eigenvalue weighted by atomic mass is 9.92. The molecule has 0 unspecified atom stereocenters. The van der Waals surface area contributed by atoms with E-state index < -0.39 is 0 Å². The van der Waals surface area contributed by atoms with Crippen LogP contribution in [0.4, 0.5) is 4.79 Å². The van der Waals surface area contributed by atoms with Crippen LogP contribution in [0.2, 0.25) is 0 Å². The van der Waals surface area contributed by atoms with Crippen LogP contribution in [0, 0.1) is 5.92 Å². The van der Waals surface area contributed by atoms with E-state index in [-0.39, 0.29) is 6.09 Å². The quantitative estimate of drug-likeness (QED) is 0.707. The molecule has 1 heterocycles. The second-order valence-corrected chi connectivity index (χ2v) is 4.45. The average Bonchev–Trinajstić information content (AvgIpc) is 2.37. The standard InChI is InChI=1S/C12H22N2O3/c1-17-12(16)13-6-9-14-7-4-11(5-8-14)3-2-10-15/h10-11H,2-9H2,1H3,(H,13,16). The topological polar surface area (TPSA) is 58.6 Å². The van der Waals surface area contributed by atoms with E-state index in [4.69, 9.17) is 0 Å². The Morgan fingerprint density at radius 2 is 2.18 bits per heavy atom. The predicted octanol–water partition coefficient (Wildman–Crippen LogP) is 1.03. The minimum Gasteiger partial charge on any atom is -0.453 e. The fourth-order valence-electron chi connectivity index (χ4n) is 2.19. The van der Waals surface area contributed by atoms with Crippen molar-refractivity contribution >= 4 is 12.4 Å². The van der Waals surface area contributed by atoms with Gasteiger partial charge in [0, 0.05) is 19.5 Å². The van der Waals surface area contributed by atoms with Gasteiger partial charge in [-0.05, 0) is 38.3 Å². The minimum atomic E-state index is -0.370. The van der Waals surface area contributed by atoms with E-state index in [1.165, 1.54) is 7.11 Å². The molecule has 5 nitrogen and oxygen atoms in total. The second kappa shape index (κ2) is 8.06. The van der Waals surface area contributed by atoms with E-state index in [0.29, 0.717) is 18.9 Å². The molecular weight excluding hydrogens is 220 g/mol. The SMILES string of the molecule is COC(=O)NCCN1CCC(CCC=O)CC1. The first-order valence-electron chi connectivity index (χ1n) is 6.24. The molecule has 5 heteroatoms. The Hall–Kier alpha value is -1.10. The van der Waals surface area contributed by atoms with Crippen molar-refractivity contribution in [3.63, 3.8) is 0 Å². The highest BCUT2D eigenvalue weighted by Gasteiger charge is 2.18. The van der Waals surface area contributed by atoms with Gasteiger partial charge in [-0.15, -0.1) is 0 Å². The van der Waals surface area contributed by atoms with Gasteiger partial charge in [0.25, 0.3) is 0 Å². The van der Waals surface area contributed by atoms with Gasteiger partial charge in [-0.25, -0.2) is 4.79 Å². The largest absolute Gasteiger partial charge is 0.453 e. The first-order chi connectivity index (χ1) is 8.26. The molecule has 1 amide bonds. The number of piperidine rings is 1. The highest BCUT2D eigenvalue weighted by molar-refractivity contribution is 5.66. The zero-order chi connectivity index (χ0) is 12.5. The van der Waals surface area contributed by atoms with Crippen LogP contribution in [0.5, 0.6) is 0 Å². The van der Waals surface area contributed by atoms with Gasteiger partial charge in [-0.3, -0.25) is 0 Å². The minimum absolute atomic E-state index is 0.370. The molecule has 0 aliphatic carbocycles. The van der Waals surface area contributed by atoms with E-state index in [2.05, 4.69) is 15.0 Å². The second-order valence-electron chi connectivity index (χ2n) is 4.45. The van der Waals surface area contributed by atoms with E-state index in [1.807, 2.05) is 0 Å². The van der Waals surface area contributed by atoms with Gasteiger partial charge in [0.15, 0.2) is 0 Å². The van der Waals surface area contributed by atoms with Crippen LogP contribution in [0.15, 0.2) is 0 Å². The zero-order valence-electron chi connectivity index (χ0n) is 10.5. The lowest BCUT2D eigenvalue weighted by Crippen LogP contribution is -2.39. The molecule has 17 heavy (non-hydrogen) atoms. The van der Waals surface area contributed by atoms with Gasteiger partial charge in [-0.2, -0.15) is 0 Å². The summed E-state index contributed by atoms with van der Waals surface area (Å²) in [6.07, 6.45) is 4.67. The maximum absolute atomic E-state index is 10.8. The van der Waals surface area contributed by atoms with Crippen LogP contribution in [0.25, 0.3) is 0 Å². The van der Waals surface area contributed by atoms with Crippen LogP contribution < -0.4 is 5.32 Å². The van der Waals surface area contributed by atoms with Gasteiger partial charge in [-0.1, -0.05) is 0 Å². The third-order valence-electron chi connectivity index (χ3n) is 3.28. The molecule has 98 valence electrons. The predicted molar refractivity (Wildman–Crippen MR) is 64.9 cm³/mol. The molecule has 1 saturated heterocycles.